The van der Waals surface area contributed by atoms with E-state index in [9.17, 15) is 0 Å². The highest BCUT2D eigenvalue weighted by Gasteiger charge is 2.24. The lowest BCUT2D eigenvalue weighted by Crippen LogP contribution is -2.34. The summed E-state index contributed by atoms with van der Waals surface area (Å²) < 4.78 is 0. The molecule has 0 aliphatic carbocycles. The van der Waals surface area contributed by atoms with Gasteiger partial charge in [-0.25, -0.2) is 4.98 Å². The molecule has 0 aliphatic heterocycles. The van der Waals surface area contributed by atoms with Crippen LogP contribution in [-0.4, -0.2) is 21.9 Å². The molecule has 17 heavy (non-hydrogen) atoms. The van der Waals surface area contributed by atoms with Gasteiger partial charge < -0.3 is 5.32 Å². The van der Waals surface area contributed by atoms with E-state index in [0.29, 0.717) is 11.9 Å². The van der Waals surface area contributed by atoms with Crippen molar-refractivity contribution in [1.29, 1.82) is 0 Å². The molecule has 0 bridgehead atoms. The molecule has 0 radical (unpaired) electrons. The molecule has 1 heterocycles. The molecule has 0 saturated carbocycles. The maximum Gasteiger partial charge on any atom is 0.145 e. The maximum atomic E-state index is 5.85. The SMILES string of the molecule is Cc1ncc(NC(CCCl)C(C)(C)C)nc1C. The van der Waals surface area contributed by atoms with Gasteiger partial charge in [0.15, 0.2) is 0 Å². The first kappa shape index (κ1) is 14.2. The molecule has 0 fully saturated rings. The molecule has 1 aromatic rings. The monoisotopic (exact) mass is 255 g/mol. The average molecular weight is 256 g/mol. The van der Waals surface area contributed by atoms with E-state index < -0.39 is 0 Å². The molecule has 0 aromatic carbocycles. The molecule has 0 saturated heterocycles. The summed E-state index contributed by atoms with van der Waals surface area (Å²) in [6, 6.07) is 0.302. The van der Waals surface area contributed by atoms with Gasteiger partial charge in [-0.05, 0) is 25.7 Å². The third-order valence-electron chi connectivity index (χ3n) is 2.96. The zero-order valence-electron chi connectivity index (χ0n) is 11.3. The molecule has 1 atom stereocenters. The van der Waals surface area contributed by atoms with E-state index in [2.05, 4.69) is 36.1 Å². The Kier molecular flexibility index (Phi) is 4.75. The van der Waals surface area contributed by atoms with Crippen molar-refractivity contribution in [2.75, 3.05) is 11.2 Å². The maximum absolute atomic E-state index is 5.85. The minimum absolute atomic E-state index is 0.148. The molecule has 3 nitrogen and oxygen atoms in total. The third-order valence-corrected chi connectivity index (χ3v) is 3.18. The van der Waals surface area contributed by atoms with Crippen LogP contribution in [0.15, 0.2) is 6.20 Å². The summed E-state index contributed by atoms with van der Waals surface area (Å²) in [5.41, 5.74) is 2.09. The zero-order valence-corrected chi connectivity index (χ0v) is 12.1. The Morgan fingerprint density at radius 1 is 1.29 bits per heavy atom. The van der Waals surface area contributed by atoms with Crippen molar-refractivity contribution in [2.45, 2.75) is 47.1 Å². The summed E-state index contributed by atoms with van der Waals surface area (Å²) in [5, 5.41) is 3.43. The van der Waals surface area contributed by atoms with Gasteiger partial charge in [0.1, 0.15) is 5.82 Å². The number of alkyl halides is 1. The first-order valence-electron chi connectivity index (χ1n) is 5.97. The first-order valence-corrected chi connectivity index (χ1v) is 6.51. The van der Waals surface area contributed by atoms with Gasteiger partial charge in [0.05, 0.1) is 17.6 Å². The van der Waals surface area contributed by atoms with Gasteiger partial charge in [0, 0.05) is 11.9 Å². The van der Waals surface area contributed by atoms with Crippen LogP contribution >= 0.6 is 11.6 Å². The number of hydrogen-bond acceptors (Lipinski definition) is 3. The largest absolute Gasteiger partial charge is 0.365 e. The Morgan fingerprint density at radius 2 is 1.94 bits per heavy atom. The van der Waals surface area contributed by atoms with Gasteiger partial charge in [-0.15, -0.1) is 11.6 Å². The quantitative estimate of drug-likeness (QED) is 0.837. The van der Waals surface area contributed by atoms with Crippen LogP contribution in [-0.2, 0) is 0 Å². The summed E-state index contributed by atoms with van der Waals surface area (Å²) in [6.45, 7) is 10.5. The third kappa shape index (κ3) is 4.15. The van der Waals surface area contributed by atoms with E-state index >= 15 is 0 Å². The first-order chi connectivity index (χ1) is 7.84. The second kappa shape index (κ2) is 5.67. The molecular weight excluding hydrogens is 234 g/mol. The lowest BCUT2D eigenvalue weighted by Gasteiger charge is -2.31. The van der Waals surface area contributed by atoms with Gasteiger partial charge in [-0.1, -0.05) is 20.8 Å². The number of aromatic nitrogens is 2. The number of aryl methyl sites for hydroxylation is 2. The van der Waals surface area contributed by atoms with Crippen LogP contribution in [0.25, 0.3) is 0 Å². The molecule has 0 spiro atoms. The molecule has 96 valence electrons. The summed E-state index contributed by atoms with van der Waals surface area (Å²) in [5.74, 6) is 1.48. The van der Waals surface area contributed by atoms with Crippen molar-refractivity contribution >= 4 is 17.4 Å². The number of anilines is 1. The van der Waals surface area contributed by atoms with Crippen LogP contribution < -0.4 is 5.32 Å². The summed E-state index contributed by atoms with van der Waals surface area (Å²) in [7, 11) is 0. The van der Waals surface area contributed by atoms with E-state index in [1.54, 1.807) is 6.20 Å². The van der Waals surface area contributed by atoms with E-state index in [0.717, 1.165) is 23.6 Å². The van der Waals surface area contributed by atoms with Crippen molar-refractivity contribution in [3.63, 3.8) is 0 Å². The smallest absolute Gasteiger partial charge is 0.145 e. The number of rotatable bonds is 4. The van der Waals surface area contributed by atoms with Gasteiger partial charge >= 0.3 is 0 Å². The summed E-state index contributed by atoms with van der Waals surface area (Å²) >= 11 is 5.85. The number of nitrogens with one attached hydrogen (secondary N) is 1. The van der Waals surface area contributed by atoms with E-state index in [4.69, 9.17) is 11.6 Å². The lowest BCUT2D eigenvalue weighted by molar-refractivity contribution is 0.334. The van der Waals surface area contributed by atoms with Crippen molar-refractivity contribution < 1.29 is 0 Å². The van der Waals surface area contributed by atoms with E-state index in [1.807, 2.05) is 13.8 Å². The molecular formula is C13H22ClN3. The Hall–Kier alpha value is -0.830. The fourth-order valence-corrected chi connectivity index (χ4v) is 1.84. The van der Waals surface area contributed by atoms with Crippen LogP contribution in [0, 0.1) is 19.3 Å². The van der Waals surface area contributed by atoms with E-state index in [-0.39, 0.29) is 5.41 Å². The highest BCUT2D eigenvalue weighted by molar-refractivity contribution is 6.17. The normalized spacial score (nSPS) is 13.5. The van der Waals surface area contributed by atoms with Crippen LogP contribution in [0.4, 0.5) is 5.82 Å². The molecule has 4 heteroatoms. The van der Waals surface area contributed by atoms with Crippen LogP contribution in [0.1, 0.15) is 38.6 Å². The van der Waals surface area contributed by atoms with Crippen molar-refractivity contribution in [2.24, 2.45) is 5.41 Å². The van der Waals surface area contributed by atoms with Crippen molar-refractivity contribution in [3.05, 3.63) is 17.6 Å². The Labute approximate surface area is 109 Å². The van der Waals surface area contributed by atoms with Crippen molar-refractivity contribution in [3.8, 4) is 0 Å². The second-order valence-electron chi connectivity index (χ2n) is 5.47. The number of halogens is 1. The fraction of sp³-hybridized carbons (Fsp3) is 0.692. The number of nitrogens with zero attached hydrogens (tertiary/aromatic N) is 2. The lowest BCUT2D eigenvalue weighted by atomic mass is 9.85. The van der Waals surface area contributed by atoms with E-state index in [1.165, 1.54) is 0 Å². The standard InChI is InChI=1S/C13H22ClN3/c1-9-10(2)16-12(8-15-9)17-11(6-7-14)13(3,4)5/h8,11H,6-7H2,1-5H3,(H,16,17). The molecule has 1 N–H and O–H groups in total. The minimum Gasteiger partial charge on any atom is -0.365 e. The molecule has 1 rings (SSSR count). The van der Waals surface area contributed by atoms with Crippen LogP contribution in [0.5, 0.6) is 0 Å². The number of hydrogen-bond donors (Lipinski definition) is 1. The summed E-state index contributed by atoms with van der Waals surface area (Å²) in [4.78, 5) is 8.81. The Balaban J connectivity index is 2.82. The zero-order chi connectivity index (χ0) is 13.1. The highest BCUT2D eigenvalue weighted by atomic mass is 35.5. The van der Waals surface area contributed by atoms with Gasteiger partial charge in [0.2, 0.25) is 0 Å². The average Bonchev–Trinajstić information content (AvgIpc) is 2.21. The minimum atomic E-state index is 0.148. The van der Waals surface area contributed by atoms with Crippen LogP contribution in [0.3, 0.4) is 0 Å². The predicted octanol–water partition coefficient (Wildman–Crippen LogP) is 3.55. The topological polar surface area (TPSA) is 37.8 Å². The fourth-order valence-electron chi connectivity index (χ4n) is 1.62. The Bertz CT molecular complexity index is 371. The molecule has 1 aromatic heterocycles. The molecule has 0 amide bonds. The predicted molar refractivity (Wildman–Crippen MR) is 73.7 cm³/mol. The highest BCUT2D eigenvalue weighted by Crippen LogP contribution is 2.25. The second-order valence-corrected chi connectivity index (χ2v) is 5.84. The van der Waals surface area contributed by atoms with Crippen LogP contribution in [0.2, 0.25) is 0 Å². The van der Waals surface area contributed by atoms with Gasteiger partial charge in [-0.2, -0.15) is 0 Å². The molecule has 1 unspecified atom stereocenters. The summed E-state index contributed by atoms with van der Waals surface area (Å²) in [6.07, 6.45) is 2.70. The van der Waals surface area contributed by atoms with Gasteiger partial charge in [-0.3, -0.25) is 4.98 Å². The Morgan fingerprint density at radius 3 is 2.41 bits per heavy atom. The van der Waals surface area contributed by atoms with Crippen molar-refractivity contribution in [1.82, 2.24) is 9.97 Å². The molecule has 0 aliphatic rings. The van der Waals surface area contributed by atoms with Gasteiger partial charge in [0.25, 0.3) is 0 Å².